The molecule has 0 saturated carbocycles. The molecule has 0 saturated heterocycles. The topological polar surface area (TPSA) is 107 Å². The van der Waals surface area contributed by atoms with E-state index in [2.05, 4.69) is 248 Å². The first kappa shape index (κ1) is 49.7. The van der Waals surface area contributed by atoms with Gasteiger partial charge < -0.3 is 8.80 Å². The number of hydrogen-bond acceptors (Lipinski definition) is 6. The number of para-hydroxylation sites is 3. The van der Waals surface area contributed by atoms with Gasteiger partial charge in [-0.1, -0.05) is 170 Å². The van der Waals surface area contributed by atoms with Crippen LogP contribution in [-0.4, -0.2) is 42.9 Å². The summed E-state index contributed by atoms with van der Waals surface area (Å²) in [6.07, 6.45) is 1.81. The van der Waals surface area contributed by atoms with Crippen molar-refractivity contribution in [3.8, 4) is 51.5 Å². The SMILES string of the molecule is N#Cc1ccc(-c2nc3cc(-c4ccc5c(c4)c4cc6c7ccccc7n(-c7nc(-c8ccccc8)c8cccnc8n7)c6c6c7c8ccccc8ccc7n5c46)ccc3nc2-n2c3ccccc3c3cc4c5ccccc5n5c6ccc7ccccc7c6c(c32)c45)cc1. The van der Waals surface area contributed by atoms with Gasteiger partial charge in [0.1, 0.15) is 5.69 Å². The van der Waals surface area contributed by atoms with Crippen molar-refractivity contribution < 1.29 is 0 Å². The van der Waals surface area contributed by atoms with Crippen molar-refractivity contribution in [3.05, 3.63) is 273 Å². The van der Waals surface area contributed by atoms with Gasteiger partial charge in [-0.05, 0) is 124 Å². The minimum Gasteiger partial charge on any atom is -0.308 e. The van der Waals surface area contributed by atoms with Crippen LogP contribution in [0.1, 0.15) is 5.56 Å². The smallest absolute Gasteiger partial charge is 0.237 e. The number of fused-ring (bicyclic) bond motifs is 26. The molecule has 0 radical (unpaired) electrons. The molecule has 0 aliphatic carbocycles. The van der Waals surface area contributed by atoms with Crippen molar-refractivity contribution in [1.29, 1.82) is 5.26 Å². The normalized spacial score (nSPS) is 12.5. The number of pyridine rings is 1. The molecule has 10 nitrogen and oxygen atoms in total. The molecule has 0 spiro atoms. The van der Waals surface area contributed by atoms with E-state index in [-0.39, 0.29) is 0 Å². The van der Waals surface area contributed by atoms with Gasteiger partial charge >= 0.3 is 0 Å². The van der Waals surface area contributed by atoms with Crippen molar-refractivity contribution in [2.45, 2.75) is 0 Å². The van der Waals surface area contributed by atoms with E-state index in [1.807, 2.05) is 42.6 Å². The van der Waals surface area contributed by atoms with Gasteiger partial charge in [-0.2, -0.15) is 10.2 Å². The molecule has 9 heterocycles. The van der Waals surface area contributed by atoms with Crippen LogP contribution < -0.4 is 0 Å². The molecule has 22 aromatic rings. The zero-order valence-corrected chi connectivity index (χ0v) is 49.9. The zero-order chi connectivity index (χ0) is 61.2. The van der Waals surface area contributed by atoms with Crippen molar-refractivity contribution in [3.63, 3.8) is 0 Å². The highest BCUT2D eigenvalue weighted by Crippen LogP contribution is 2.51. The second-order valence-electron chi connectivity index (χ2n) is 25.0. The largest absolute Gasteiger partial charge is 0.308 e. The van der Waals surface area contributed by atoms with E-state index >= 15 is 0 Å². The molecule has 22 rings (SSSR count). The Bertz CT molecular complexity index is 7170. The molecule has 0 N–H and O–H groups in total. The summed E-state index contributed by atoms with van der Waals surface area (Å²) in [6, 6.07) is 95.6. The summed E-state index contributed by atoms with van der Waals surface area (Å²) in [7, 11) is 0. The van der Waals surface area contributed by atoms with Crippen LogP contribution in [0, 0.1) is 11.3 Å². The van der Waals surface area contributed by atoms with Crippen LogP contribution in [0.3, 0.4) is 0 Å². The van der Waals surface area contributed by atoms with Crippen molar-refractivity contribution in [2.24, 2.45) is 0 Å². The third-order valence-electron chi connectivity index (χ3n) is 20.3. The molecule has 0 unspecified atom stereocenters. The highest BCUT2D eigenvalue weighted by Gasteiger charge is 2.30. The zero-order valence-electron chi connectivity index (χ0n) is 49.9. The number of hydrogen-bond donors (Lipinski definition) is 0. The summed E-state index contributed by atoms with van der Waals surface area (Å²) >= 11 is 0. The van der Waals surface area contributed by atoms with Gasteiger partial charge in [0, 0.05) is 87.3 Å². The number of nitrogens with zero attached hydrogens (tertiary/aromatic N) is 10. The van der Waals surface area contributed by atoms with Gasteiger partial charge in [-0.25, -0.2) is 19.9 Å². The monoisotopic (exact) mass is 1190 g/mol. The summed E-state index contributed by atoms with van der Waals surface area (Å²) in [5.41, 5.74) is 19.3. The lowest BCUT2D eigenvalue weighted by molar-refractivity contribution is 1.01. The first-order chi connectivity index (χ1) is 46.6. The Morgan fingerprint density at radius 2 is 0.809 bits per heavy atom. The number of nitriles is 1. The molecule has 0 aliphatic rings. The Kier molecular flexibility index (Phi) is 9.56. The molecule has 430 valence electrons. The Balaban J connectivity index is 0.796. The van der Waals surface area contributed by atoms with Crippen molar-refractivity contribution in [1.82, 2.24) is 42.9 Å². The Hall–Kier alpha value is -13.1. The molecular formula is C84H44N10. The first-order valence-electron chi connectivity index (χ1n) is 31.7. The van der Waals surface area contributed by atoms with Gasteiger partial charge in [0.25, 0.3) is 0 Å². The average Bonchev–Trinajstić information content (AvgIpc) is 1.52. The second kappa shape index (κ2) is 18.1. The lowest BCUT2D eigenvalue weighted by Gasteiger charge is -2.15. The fourth-order valence-corrected chi connectivity index (χ4v) is 16.3. The standard InChI is InChI=1S/C84H44N10/c85-45-46-28-30-50(31-29-46)77-83(93-67-26-12-9-22-56(67)61-43-60-55-21-8-11-25-66(55)91-70-38-33-47-15-4-6-19-53(47)72(70)74(78(60)91)80(61)93)88-64-36-32-52(42-65(64)87-77)51-35-37-69-59(41-51)63-44-62-57-23-10-13-27-68(57)94(84-89-76(49-17-2-1-3-18-49)58-24-14-40-86-82(58)90-84)81(62)75-73-54-20-7-5-16-48(54)34-39-71(73)92(69)79(63)75/h1-44H. The van der Waals surface area contributed by atoms with Crippen LogP contribution in [0.5, 0.6) is 0 Å². The summed E-state index contributed by atoms with van der Waals surface area (Å²) < 4.78 is 9.61. The van der Waals surface area contributed by atoms with Gasteiger partial charge in [-0.15, -0.1) is 0 Å². The third-order valence-corrected chi connectivity index (χ3v) is 20.3. The molecular weight excluding hydrogens is 1150 g/mol. The maximum Gasteiger partial charge on any atom is 0.237 e. The number of benzene rings is 13. The maximum absolute atomic E-state index is 10.1. The summed E-state index contributed by atoms with van der Waals surface area (Å²) in [6.45, 7) is 0. The number of rotatable bonds is 5. The van der Waals surface area contributed by atoms with E-state index in [4.69, 9.17) is 24.9 Å². The van der Waals surface area contributed by atoms with Gasteiger partial charge in [0.05, 0.1) is 83.5 Å². The van der Waals surface area contributed by atoms with Crippen molar-refractivity contribution in [2.75, 3.05) is 0 Å². The van der Waals surface area contributed by atoms with Crippen molar-refractivity contribution >= 4 is 163 Å². The summed E-state index contributed by atoms with van der Waals surface area (Å²) in [4.78, 5) is 27.2. The predicted octanol–water partition coefficient (Wildman–Crippen LogP) is 20.6. The minimum atomic E-state index is 0.564. The molecule has 0 fully saturated rings. The van der Waals surface area contributed by atoms with Gasteiger partial charge in [0.2, 0.25) is 5.95 Å². The lowest BCUT2D eigenvalue weighted by Crippen LogP contribution is -2.04. The Morgan fingerprint density at radius 3 is 1.49 bits per heavy atom. The molecule has 0 bridgehead atoms. The van der Waals surface area contributed by atoms with Gasteiger partial charge in [0.15, 0.2) is 11.5 Å². The number of aromatic nitrogens is 9. The maximum atomic E-state index is 10.1. The summed E-state index contributed by atoms with van der Waals surface area (Å²) in [5.74, 6) is 1.28. The minimum absolute atomic E-state index is 0.564. The van der Waals surface area contributed by atoms with E-state index < -0.39 is 0 Å². The van der Waals surface area contributed by atoms with Crippen LogP contribution in [0.2, 0.25) is 0 Å². The van der Waals surface area contributed by atoms with Crippen LogP contribution in [0.25, 0.3) is 209 Å². The highest BCUT2D eigenvalue weighted by molar-refractivity contribution is 6.39. The fourth-order valence-electron chi connectivity index (χ4n) is 16.3. The Morgan fingerprint density at radius 1 is 0.298 bits per heavy atom. The van der Waals surface area contributed by atoms with Gasteiger partial charge in [-0.3, -0.25) is 9.13 Å². The van der Waals surface area contributed by atoms with Crippen LogP contribution in [-0.2, 0) is 0 Å². The van der Waals surface area contributed by atoms with E-state index in [0.29, 0.717) is 28.7 Å². The molecule has 0 aliphatic heterocycles. The van der Waals surface area contributed by atoms with E-state index in [1.165, 1.54) is 59.5 Å². The highest BCUT2D eigenvalue weighted by atomic mass is 15.2. The third kappa shape index (κ3) is 6.43. The van der Waals surface area contributed by atoms with E-state index in [9.17, 15) is 5.26 Å². The molecule has 0 amide bonds. The second-order valence-corrected chi connectivity index (χ2v) is 25.0. The molecule has 0 atom stereocenters. The fraction of sp³-hybridized carbons (Fsp3) is 0. The molecule has 13 aromatic carbocycles. The predicted molar refractivity (Wildman–Crippen MR) is 384 cm³/mol. The van der Waals surface area contributed by atoms with E-state index in [1.54, 1.807) is 0 Å². The van der Waals surface area contributed by atoms with Crippen LogP contribution >= 0.6 is 0 Å². The van der Waals surface area contributed by atoms with E-state index in [0.717, 1.165) is 126 Å². The first-order valence-corrected chi connectivity index (χ1v) is 31.7. The quantitative estimate of drug-likeness (QED) is 0.170. The Labute approximate surface area is 532 Å². The van der Waals surface area contributed by atoms with Crippen LogP contribution in [0.4, 0.5) is 0 Å². The lowest BCUT2D eigenvalue weighted by atomic mass is 9.98. The van der Waals surface area contributed by atoms with Crippen LogP contribution in [0.15, 0.2) is 267 Å². The average molecular weight is 1190 g/mol. The molecule has 94 heavy (non-hydrogen) atoms. The molecule has 9 aromatic heterocycles. The summed E-state index contributed by atoms with van der Waals surface area (Å²) in [5, 5.41) is 29.7. The molecule has 10 heteroatoms.